The zero-order valence-electron chi connectivity index (χ0n) is 14.3. The van der Waals surface area contributed by atoms with Gasteiger partial charge in [0, 0.05) is 27.3 Å². The van der Waals surface area contributed by atoms with Gasteiger partial charge in [-0.25, -0.2) is 0 Å². The van der Waals surface area contributed by atoms with Gasteiger partial charge in [-0.05, 0) is 29.5 Å². The number of benzene rings is 1. The SMILES string of the molecule is COCCCNC(=O)c1cc(-c2ccc(C(C)C)cc2)n(C)n1. The van der Waals surface area contributed by atoms with Crippen LogP contribution < -0.4 is 5.32 Å². The lowest BCUT2D eigenvalue weighted by Gasteiger charge is -2.06. The maximum atomic E-state index is 12.1. The number of nitrogens with zero attached hydrogens (tertiary/aromatic N) is 2. The van der Waals surface area contributed by atoms with Crippen molar-refractivity contribution in [3.63, 3.8) is 0 Å². The molecule has 2 rings (SSSR count). The van der Waals surface area contributed by atoms with Crippen LogP contribution in [0.1, 0.15) is 42.2 Å². The maximum Gasteiger partial charge on any atom is 0.271 e. The second kappa shape index (κ2) is 7.92. The van der Waals surface area contributed by atoms with E-state index in [0.29, 0.717) is 24.8 Å². The number of hydrogen-bond acceptors (Lipinski definition) is 3. The predicted molar refractivity (Wildman–Crippen MR) is 91.6 cm³/mol. The fourth-order valence-corrected chi connectivity index (χ4v) is 2.40. The number of nitrogens with one attached hydrogen (secondary N) is 1. The second-order valence-electron chi connectivity index (χ2n) is 5.92. The summed E-state index contributed by atoms with van der Waals surface area (Å²) in [6.45, 7) is 5.56. The summed E-state index contributed by atoms with van der Waals surface area (Å²) in [7, 11) is 3.50. The van der Waals surface area contributed by atoms with Crippen molar-refractivity contribution in [1.82, 2.24) is 15.1 Å². The Kier molecular flexibility index (Phi) is 5.93. The Morgan fingerprint density at radius 3 is 2.61 bits per heavy atom. The molecule has 0 atom stereocenters. The van der Waals surface area contributed by atoms with Gasteiger partial charge >= 0.3 is 0 Å². The molecule has 2 aromatic rings. The normalized spacial score (nSPS) is 11.0. The molecule has 5 nitrogen and oxygen atoms in total. The van der Waals surface area contributed by atoms with Crippen LogP contribution in [0.4, 0.5) is 0 Å². The Morgan fingerprint density at radius 1 is 1.30 bits per heavy atom. The molecule has 0 bridgehead atoms. The predicted octanol–water partition coefficient (Wildman–Crippen LogP) is 2.98. The molecule has 1 amide bonds. The third kappa shape index (κ3) is 4.42. The van der Waals surface area contributed by atoms with Crippen molar-refractivity contribution in [3.05, 3.63) is 41.6 Å². The topological polar surface area (TPSA) is 56.1 Å². The molecule has 124 valence electrons. The largest absolute Gasteiger partial charge is 0.385 e. The zero-order valence-corrected chi connectivity index (χ0v) is 14.3. The van der Waals surface area contributed by atoms with Gasteiger partial charge in [0.05, 0.1) is 5.69 Å². The van der Waals surface area contributed by atoms with E-state index < -0.39 is 0 Å². The molecular weight excluding hydrogens is 290 g/mol. The minimum Gasteiger partial charge on any atom is -0.385 e. The van der Waals surface area contributed by atoms with E-state index in [-0.39, 0.29) is 5.91 Å². The monoisotopic (exact) mass is 315 g/mol. The summed E-state index contributed by atoms with van der Waals surface area (Å²) < 4.78 is 6.71. The van der Waals surface area contributed by atoms with E-state index in [2.05, 4.69) is 48.5 Å². The van der Waals surface area contributed by atoms with Crippen molar-refractivity contribution in [2.24, 2.45) is 7.05 Å². The van der Waals surface area contributed by atoms with E-state index >= 15 is 0 Å². The number of amides is 1. The van der Waals surface area contributed by atoms with Gasteiger partial charge in [-0.15, -0.1) is 0 Å². The average molecular weight is 315 g/mol. The van der Waals surface area contributed by atoms with E-state index in [0.717, 1.165) is 17.7 Å². The highest BCUT2D eigenvalue weighted by Gasteiger charge is 2.13. The summed E-state index contributed by atoms with van der Waals surface area (Å²) >= 11 is 0. The van der Waals surface area contributed by atoms with Crippen molar-refractivity contribution in [2.45, 2.75) is 26.2 Å². The fourth-order valence-electron chi connectivity index (χ4n) is 2.40. The molecule has 0 saturated carbocycles. The van der Waals surface area contributed by atoms with Crippen LogP contribution in [-0.2, 0) is 11.8 Å². The fraction of sp³-hybridized carbons (Fsp3) is 0.444. The number of carbonyl (C=O) groups is 1. The summed E-state index contributed by atoms with van der Waals surface area (Å²) in [5.74, 6) is 0.353. The Morgan fingerprint density at radius 2 is 2.00 bits per heavy atom. The van der Waals surface area contributed by atoms with Crippen molar-refractivity contribution in [3.8, 4) is 11.3 Å². The zero-order chi connectivity index (χ0) is 16.8. The standard InChI is InChI=1S/C18H25N3O2/c1-13(2)14-6-8-15(9-7-14)17-12-16(20-21(17)3)18(22)19-10-5-11-23-4/h6-9,12-13H,5,10-11H2,1-4H3,(H,19,22). The summed E-state index contributed by atoms with van der Waals surface area (Å²) in [6.07, 6.45) is 0.790. The molecule has 5 heteroatoms. The molecule has 1 aromatic heterocycles. The van der Waals surface area contributed by atoms with E-state index in [1.165, 1.54) is 5.56 Å². The Hall–Kier alpha value is -2.14. The number of aryl methyl sites for hydroxylation is 1. The molecule has 0 unspecified atom stereocenters. The lowest BCUT2D eigenvalue weighted by Crippen LogP contribution is -2.25. The van der Waals surface area contributed by atoms with Crippen LogP contribution in [0.25, 0.3) is 11.3 Å². The third-order valence-electron chi connectivity index (χ3n) is 3.80. The van der Waals surface area contributed by atoms with E-state index in [9.17, 15) is 4.79 Å². The van der Waals surface area contributed by atoms with Gasteiger partial charge < -0.3 is 10.1 Å². The van der Waals surface area contributed by atoms with Crippen LogP contribution in [0.2, 0.25) is 0 Å². The molecule has 0 fully saturated rings. The highest BCUT2D eigenvalue weighted by atomic mass is 16.5. The van der Waals surface area contributed by atoms with Crippen LogP contribution in [0.5, 0.6) is 0 Å². The number of rotatable bonds is 7. The van der Waals surface area contributed by atoms with Crippen molar-refractivity contribution < 1.29 is 9.53 Å². The first-order valence-electron chi connectivity index (χ1n) is 7.94. The minimum absolute atomic E-state index is 0.151. The van der Waals surface area contributed by atoms with Crippen molar-refractivity contribution in [2.75, 3.05) is 20.3 Å². The second-order valence-corrected chi connectivity index (χ2v) is 5.92. The van der Waals surface area contributed by atoms with Crippen LogP contribution in [0, 0.1) is 0 Å². The Balaban J connectivity index is 2.09. The van der Waals surface area contributed by atoms with Crippen molar-refractivity contribution >= 4 is 5.91 Å². The molecule has 0 spiro atoms. The average Bonchev–Trinajstić information content (AvgIpc) is 2.93. The molecular formula is C18H25N3O2. The number of hydrogen-bond donors (Lipinski definition) is 1. The van der Waals surface area contributed by atoms with Gasteiger partial charge in [-0.3, -0.25) is 9.48 Å². The summed E-state index contributed by atoms with van der Waals surface area (Å²) in [4.78, 5) is 12.1. The molecule has 0 aliphatic heterocycles. The third-order valence-corrected chi connectivity index (χ3v) is 3.80. The molecule has 1 aromatic carbocycles. The highest BCUT2D eigenvalue weighted by Crippen LogP contribution is 2.23. The lowest BCUT2D eigenvalue weighted by molar-refractivity contribution is 0.0943. The minimum atomic E-state index is -0.151. The first-order valence-corrected chi connectivity index (χ1v) is 7.94. The van der Waals surface area contributed by atoms with Crippen LogP contribution in [0.3, 0.4) is 0 Å². The van der Waals surface area contributed by atoms with E-state index in [1.54, 1.807) is 11.8 Å². The number of methoxy groups -OCH3 is 1. The molecule has 0 aliphatic rings. The number of ether oxygens (including phenoxy) is 1. The quantitative estimate of drug-likeness (QED) is 0.799. The summed E-state index contributed by atoms with van der Waals surface area (Å²) in [5.41, 5.74) is 3.73. The molecule has 0 saturated heterocycles. The lowest BCUT2D eigenvalue weighted by atomic mass is 10.0. The maximum absolute atomic E-state index is 12.1. The van der Waals surface area contributed by atoms with Crippen molar-refractivity contribution in [1.29, 1.82) is 0 Å². The van der Waals surface area contributed by atoms with Gasteiger partial charge in [0.2, 0.25) is 0 Å². The molecule has 23 heavy (non-hydrogen) atoms. The number of aromatic nitrogens is 2. The highest BCUT2D eigenvalue weighted by molar-refractivity contribution is 5.93. The van der Waals surface area contributed by atoms with Gasteiger partial charge in [0.1, 0.15) is 0 Å². The van der Waals surface area contributed by atoms with E-state index in [1.807, 2.05) is 13.1 Å². The van der Waals surface area contributed by atoms with Gasteiger partial charge in [-0.1, -0.05) is 38.1 Å². The van der Waals surface area contributed by atoms with E-state index in [4.69, 9.17) is 4.74 Å². The van der Waals surface area contributed by atoms with Gasteiger partial charge in [0.25, 0.3) is 5.91 Å². The molecule has 1 heterocycles. The van der Waals surface area contributed by atoms with Gasteiger partial charge in [-0.2, -0.15) is 5.10 Å². The smallest absolute Gasteiger partial charge is 0.271 e. The molecule has 0 aliphatic carbocycles. The van der Waals surface area contributed by atoms with Gasteiger partial charge in [0.15, 0.2) is 5.69 Å². The summed E-state index contributed by atoms with van der Waals surface area (Å²) in [6, 6.07) is 10.2. The van der Waals surface area contributed by atoms with Crippen LogP contribution in [-0.4, -0.2) is 35.9 Å². The Labute approximate surface area is 137 Å². The Bertz CT molecular complexity index is 645. The number of carbonyl (C=O) groups excluding carboxylic acids is 1. The first-order chi connectivity index (χ1) is 11.0. The van der Waals surface area contributed by atoms with Crippen LogP contribution >= 0.6 is 0 Å². The van der Waals surface area contributed by atoms with Crippen LogP contribution in [0.15, 0.2) is 30.3 Å². The molecule has 1 N–H and O–H groups in total. The first kappa shape index (κ1) is 17.2. The molecule has 0 radical (unpaired) electrons. The summed E-state index contributed by atoms with van der Waals surface area (Å²) in [5, 5.41) is 7.17.